The Kier molecular flexibility index (Phi) is 4.84. The fourth-order valence-electron chi connectivity index (χ4n) is 2.56. The van der Waals surface area contributed by atoms with Crippen LogP contribution in [0.4, 0.5) is 0 Å². The molecule has 2 aromatic carbocycles. The number of rotatable bonds is 5. The molecule has 0 aliphatic rings. The molecule has 0 bridgehead atoms. The molecular formula is C20H20N2O3. The van der Waals surface area contributed by atoms with Gasteiger partial charge < -0.3 is 14.1 Å². The molecule has 1 aromatic heterocycles. The normalized spacial score (nSPS) is 10.5. The number of aromatic nitrogens is 1. The number of oxazole rings is 1. The zero-order valence-electron chi connectivity index (χ0n) is 14.5. The van der Waals surface area contributed by atoms with E-state index in [2.05, 4.69) is 4.98 Å². The maximum absolute atomic E-state index is 12.7. The minimum atomic E-state index is -0.167. The van der Waals surface area contributed by atoms with E-state index >= 15 is 0 Å². The third-order valence-electron chi connectivity index (χ3n) is 3.95. The lowest BCUT2D eigenvalue weighted by Crippen LogP contribution is -2.27. The number of carbonyl (C=O) groups is 1. The van der Waals surface area contributed by atoms with Crippen LogP contribution in [0.5, 0.6) is 5.75 Å². The Labute approximate surface area is 146 Å². The van der Waals surface area contributed by atoms with Gasteiger partial charge in [-0.2, -0.15) is 0 Å². The lowest BCUT2D eigenvalue weighted by atomic mass is 10.2. The van der Waals surface area contributed by atoms with Crippen LogP contribution in [-0.2, 0) is 6.54 Å². The third kappa shape index (κ3) is 3.71. The van der Waals surface area contributed by atoms with E-state index in [0.29, 0.717) is 23.9 Å². The minimum Gasteiger partial charge on any atom is -0.497 e. The standard InChI is InChI=1S/C20H20N2O3/c1-14-18(21-19(25-14)16-7-5-4-6-8-16)20(23)22(2)13-15-9-11-17(24-3)12-10-15/h4-12H,13H2,1-3H3. The first-order chi connectivity index (χ1) is 12.1. The van der Waals surface area contributed by atoms with Gasteiger partial charge in [0.15, 0.2) is 5.69 Å². The van der Waals surface area contributed by atoms with Crippen molar-refractivity contribution < 1.29 is 13.9 Å². The number of aryl methyl sites for hydroxylation is 1. The second-order valence-electron chi connectivity index (χ2n) is 5.80. The number of ether oxygens (including phenoxy) is 1. The summed E-state index contributed by atoms with van der Waals surface area (Å²) in [5.74, 6) is 1.60. The summed E-state index contributed by atoms with van der Waals surface area (Å²) in [6.07, 6.45) is 0. The SMILES string of the molecule is COc1ccc(CN(C)C(=O)c2nc(-c3ccccc3)oc2C)cc1. The van der Waals surface area contributed by atoms with Gasteiger partial charge in [-0.3, -0.25) is 4.79 Å². The zero-order chi connectivity index (χ0) is 17.8. The lowest BCUT2D eigenvalue weighted by Gasteiger charge is -2.16. The number of hydrogen-bond acceptors (Lipinski definition) is 4. The number of amides is 1. The molecule has 5 heteroatoms. The van der Waals surface area contributed by atoms with Crippen LogP contribution in [0.2, 0.25) is 0 Å². The van der Waals surface area contributed by atoms with Crippen LogP contribution in [0, 0.1) is 6.92 Å². The Bertz CT molecular complexity index is 854. The van der Waals surface area contributed by atoms with Crippen LogP contribution in [0.3, 0.4) is 0 Å². The summed E-state index contributed by atoms with van der Waals surface area (Å²) in [5, 5.41) is 0. The largest absolute Gasteiger partial charge is 0.497 e. The first-order valence-electron chi connectivity index (χ1n) is 7.99. The highest BCUT2D eigenvalue weighted by Gasteiger charge is 2.21. The topological polar surface area (TPSA) is 55.6 Å². The fraction of sp³-hybridized carbons (Fsp3) is 0.200. The van der Waals surface area contributed by atoms with Gasteiger partial charge in [-0.1, -0.05) is 30.3 Å². The molecule has 0 aliphatic heterocycles. The van der Waals surface area contributed by atoms with Crippen LogP contribution >= 0.6 is 0 Å². The Morgan fingerprint density at radius 2 is 1.80 bits per heavy atom. The van der Waals surface area contributed by atoms with Crippen molar-refractivity contribution in [2.45, 2.75) is 13.5 Å². The fourth-order valence-corrected chi connectivity index (χ4v) is 2.56. The smallest absolute Gasteiger partial charge is 0.276 e. The van der Waals surface area contributed by atoms with Gasteiger partial charge >= 0.3 is 0 Å². The highest BCUT2D eigenvalue weighted by atomic mass is 16.5. The summed E-state index contributed by atoms with van der Waals surface area (Å²) in [5.41, 5.74) is 2.21. The monoisotopic (exact) mass is 336 g/mol. The quantitative estimate of drug-likeness (QED) is 0.708. The Balaban J connectivity index is 1.76. The maximum Gasteiger partial charge on any atom is 0.276 e. The van der Waals surface area contributed by atoms with Gasteiger partial charge in [0, 0.05) is 19.2 Å². The Hall–Kier alpha value is -3.08. The van der Waals surface area contributed by atoms with Crippen molar-refractivity contribution in [2.75, 3.05) is 14.2 Å². The molecule has 0 fully saturated rings. The zero-order valence-corrected chi connectivity index (χ0v) is 14.5. The van der Waals surface area contributed by atoms with Crippen LogP contribution < -0.4 is 4.74 Å². The highest BCUT2D eigenvalue weighted by Crippen LogP contribution is 2.22. The molecule has 25 heavy (non-hydrogen) atoms. The van der Waals surface area contributed by atoms with Crippen LogP contribution in [0.25, 0.3) is 11.5 Å². The molecule has 1 amide bonds. The molecular weight excluding hydrogens is 316 g/mol. The van der Waals surface area contributed by atoms with E-state index in [1.165, 1.54) is 0 Å². The summed E-state index contributed by atoms with van der Waals surface area (Å²) >= 11 is 0. The maximum atomic E-state index is 12.7. The van der Waals surface area contributed by atoms with Gasteiger partial charge in [-0.15, -0.1) is 0 Å². The molecule has 0 saturated heterocycles. The molecule has 128 valence electrons. The van der Waals surface area contributed by atoms with Crippen LogP contribution in [0.15, 0.2) is 59.0 Å². The molecule has 0 N–H and O–H groups in total. The van der Waals surface area contributed by atoms with Crippen LogP contribution in [-0.4, -0.2) is 29.9 Å². The van der Waals surface area contributed by atoms with E-state index in [4.69, 9.17) is 9.15 Å². The second kappa shape index (κ2) is 7.21. The van der Waals surface area contributed by atoms with Crippen molar-refractivity contribution in [1.29, 1.82) is 0 Å². The number of carbonyl (C=O) groups excluding carboxylic acids is 1. The lowest BCUT2D eigenvalue weighted by molar-refractivity contribution is 0.0778. The summed E-state index contributed by atoms with van der Waals surface area (Å²) in [4.78, 5) is 18.7. The Morgan fingerprint density at radius 3 is 2.44 bits per heavy atom. The number of hydrogen-bond donors (Lipinski definition) is 0. The number of methoxy groups -OCH3 is 1. The molecule has 3 aromatic rings. The molecule has 0 atom stereocenters. The molecule has 0 radical (unpaired) electrons. The Morgan fingerprint density at radius 1 is 1.12 bits per heavy atom. The average molecular weight is 336 g/mol. The van der Waals surface area contributed by atoms with Crippen molar-refractivity contribution >= 4 is 5.91 Å². The molecule has 0 saturated carbocycles. The van der Waals surface area contributed by atoms with E-state index in [0.717, 1.165) is 16.9 Å². The highest BCUT2D eigenvalue weighted by molar-refractivity contribution is 5.93. The predicted molar refractivity (Wildman–Crippen MR) is 95.5 cm³/mol. The van der Waals surface area contributed by atoms with Gasteiger partial charge in [0.05, 0.1) is 7.11 Å². The van der Waals surface area contributed by atoms with E-state index in [1.807, 2.05) is 54.6 Å². The summed E-state index contributed by atoms with van der Waals surface area (Å²) < 4.78 is 10.8. The molecule has 0 aliphatic carbocycles. The van der Waals surface area contributed by atoms with Crippen molar-refractivity contribution in [3.8, 4) is 17.2 Å². The first-order valence-corrected chi connectivity index (χ1v) is 7.99. The van der Waals surface area contributed by atoms with Crippen molar-refractivity contribution in [2.24, 2.45) is 0 Å². The molecule has 3 rings (SSSR count). The van der Waals surface area contributed by atoms with Crippen LogP contribution in [0.1, 0.15) is 21.8 Å². The first kappa shape index (κ1) is 16.8. The summed E-state index contributed by atoms with van der Waals surface area (Å²) in [6, 6.07) is 17.2. The number of nitrogens with zero attached hydrogens (tertiary/aromatic N) is 2. The number of benzene rings is 2. The van der Waals surface area contributed by atoms with Gasteiger partial charge in [0.25, 0.3) is 5.91 Å². The summed E-state index contributed by atoms with van der Waals surface area (Å²) in [7, 11) is 3.38. The van der Waals surface area contributed by atoms with E-state index in [1.54, 1.807) is 26.0 Å². The van der Waals surface area contributed by atoms with Gasteiger partial charge in [0.2, 0.25) is 5.89 Å². The second-order valence-corrected chi connectivity index (χ2v) is 5.80. The van der Waals surface area contributed by atoms with Gasteiger partial charge in [-0.25, -0.2) is 4.98 Å². The van der Waals surface area contributed by atoms with E-state index in [-0.39, 0.29) is 5.91 Å². The van der Waals surface area contributed by atoms with E-state index in [9.17, 15) is 4.79 Å². The van der Waals surface area contributed by atoms with Crippen molar-refractivity contribution in [3.63, 3.8) is 0 Å². The molecule has 1 heterocycles. The molecule has 5 nitrogen and oxygen atoms in total. The summed E-state index contributed by atoms with van der Waals surface area (Å²) in [6.45, 7) is 2.24. The van der Waals surface area contributed by atoms with Gasteiger partial charge in [-0.05, 0) is 36.8 Å². The third-order valence-corrected chi connectivity index (χ3v) is 3.95. The van der Waals surface area contributed by atoms with Crippen molar-refractivity contribution in [3.05, 3.63) is 71.6 Å². The molecule has 0 spiro atoms. The molecule has 0 unspecified atom stereocenters. The van der Waals surface area contributed by atoms with Gasteiger partial charge in [0.1, 0.15) is 11.5 Å². The predicted octanol–water partition coefficient (Wildman–Crippen LogP) is 3.93. The average Bonchev–Trinajstić information content (AvgIpc) is 3.04. The minimum absolute atomic E-state index is 0.167. The van der Waals surface area contributed by atoms with E-state index < -0.39 is 0 Å². The van der Waals surface area contributed by atoms with Crippen molar-refractivity contribution in [1.82, 2.24) is 9.88 Å².